The Balaban J connectivity index is 1.41. The quantitative estimate of drug-likeness (QED) is 0.828. The minimum atomic E-state index is 1.05. The molecule has 0 spiro atoms. The van der Waals surface area contributed by atoms with Gasteiger partial charge in [-0.2, -0.15) is 0 Å². The maximum atomic E-state index is 2.56. The number of hydrogen-bond acceptors (Lipinski definition) is 2. The molecule has 1 aliphatic rings. The number of piperazine rings is 1. The van der Waals surface area contributed by atoms with Gasteiger partial charge in [0.25, 0.3) is 0 Å². The topological polar surface area (TPSA) is 6.48 Å². The zero-order chi connectivity index (χ0) is 15.9. The smallest absolute Gasteiger partial charge is 0.0234 e. The average Bonchev–Trinajstić information content (AvgIpc) is 2.59. The van der Waals surface area contributed by atoms with Crippen LogP contribution in [0, 0.1) is 6.92 Å². The van der Waals surface area contributed by atoms with Gasteiger partial charge in [0.1, 0.15) is 0 Å². The van der Waals surface area contributed by atoms with E-state index >= 15 is 0 Å². The minimum absolute atomic E-state index is 1.05. The molecule has 0 unspecified atom stereocenters. The van der Waals surface area contributed by atoms with Crippen LogP contribution in [0.25, 0.3) is 6.08 Å². The SMILES string of the molecule is Cc1ccc(CN2CCN(CC=Cc3ccccc3)CC2)cc1. The summed E-state index contributed by atoms with van der Waals surface area (Å²) in [7, 11) is 0. The third-order valence-electron chi connectivity index (χ3n) is 4.47. The van der Waals surface area contributed by atoms with E-state index in [1.807, 2.05) is 0 Å². The molecule has 3 rings (SSSR count). The third-order valence-corrected chi connectivity index (χ3v) is 4.47. The molecule has 2 aromatic carbocycles. The molecule has 0 aliphatic carbocycles. The number of nitrogens with zero attached hydrogens (tertiary/aromatic N) is 2. The predicted octanol–water partition coefficient (Wildman–Crippen LogP) is 3.83. The number of aryl methyl sites for hydroxylation is 1. The molecule has 120 valence electrons. The Kier molecular flexibility index (Phi) is 5.62. The second-order valence-electron chi connectivity index (χ2n) is 6.38. The van der Waals surface area contributed by atoms with Crippen LogP contribution in [0.3, 0.4) is 0 Å². The molecule has 2 aromatic rings. The lowest BCUT2D eigenvalue weighted by Gasteiger charge is -2.34. The monoisotopic (exact) mass is 306 g/mol. The second-order valence-corrected chi connectivity index (χ2v) is 6.38. The summed E-state index contributed by atoms with van der Waals surface area (Å²) in [4.78, 5) is 5.09. The van der Waals surface area contributed by atoms with Crippen LogP contribution in [0.4, 0.5) is 0 Å². The lowest BCUT2D eigenvalue weighted by molar-refractivity contribution is 0.137. The third kappa shape index (κ3) is 5.05. The average molecular weight is 306 g/mol. The van der Waals surface area contributed by atoms with E-state index in [0.717, 1.165) is 39.3 Å². The van der Waals surface area contributed by atoms with E-state index in [9.17, 15) is 0 Å². The molecular weight excluding hydrogens is 280 g/mol. The lowest BCUT2D eigenvalue weighted by atomic mass is 10.1. The van der Waals surface area contributed by atoms with Gasteiger partial charge in [-0.1, -0.05) is 72.3 Å². The summed E-state index contributed by atoms with van der Waals surface area (Å²) < 4.78 is 0. The highest BCUT2D eigenvalue weighted by Gasteiger charge is 2.15. The van der Waals surface area contributed by atoms with Crippen molar-refractivity contribution >= 4 is 6.08 Å². The normalized spacial score (nSPS) is 16.9. The molecule has 23 heavy (non-hydrogen) atoms. The van der Waals surface area contributed by atoms with E-state index < -0.39 is 0 Å². The van der Waals surface area contributed by atoms with Gasteiger partial charge in [0.05, 0.1) is 0 Å². The molecule has 2 nitrogen and oxygen atoms in total. The van der Waals surface area contributed by atoms with Crippen LogP contribution < -0.4 is 0 Å². The summed E-state index contributed by atoms with van der Waals surface area (Å²) in [5, 5.41) is 0. The Hall–Kier alpha value is -1.90. The Morgan fingerprint density at radius 1 is 0.826 bits per heavy atom. The van der Waals surface area contributed by atoms with Crippen molar-refractivity contribution in [3.63, 3.8) is 0 Å². The summed E-state index contributed by atoms with van der Waals surface area (Å²) in [6.45, 7) is 8.91. The molecule has 0 N–H and O–H groups in total. The maximum absolute atomic E-state index is 2.56. The first-order valence-electron chi connectivity index (χ1n) is 8.51. The van der Waals surface area contributed by atoms with Crippen LogP contribution in [0.2, 0.25) is 0 Å². The van der Waals surface area contributed by atoms with Crippen molar-refractivity contribution in [1.29, 1.82) is 0 Å². The molecule has 0 amide bonds. The molecule has 1 aliphatic heterocycles. The van der Waals surface area contributed by atoms with Crippen LogP contribution in [0.1, 0.15) is 16.7 Å². The summed E-state index contributed by atoms with van der Waals surface area (Å²) in [5.74, 6) is 0. The van der Waals surface area contributed by atoms with Gasteiger partial charge in [0.2, 0.25) is 0 Å². The van der Waals surface area contributed by atoms with E-state index in [2.05, 4.69) is 83.5 Å². The van der Waals surface area contributed by atoms with E-state index in [1.54, 1.807) is 0 Å². The zero-order valence-corrected chi connectivity index (χ0v) is 14.0. The van der Waals surface area contributed by atoms with Gasteiger partial charge in [-0.15, -0.1) is 0 Å². The zero-order valence-electron chi connectivity index (χ0n) is 14.0. The minimum Gasteiger partial charge on any atom is -0.297 e. The number of benzene rings is 2. The van der Waals surface area contributed by atoms with Gasteiger partial charge in [-0.25, -0.2) is 0 Å². The number of rotatable bonds is 5. The Labute approximate surface area is 140 Å². The van der Waals surface area contributed by atoms with Crippen LogP contribution in [0.5, 0.6) is 0 Å². The van der Waals surface area contributed by atoms with Gasteiger partial charge in [0, 0.05) is 39.3 Å². The molecule has 0 saturated carbocycles. The van der Waals surface area contributed by atoms with E-state index in [0.29, 0.717) is 0 Å². The first kappa shape index (κ1) is 16.0. The molecule has 0 aromatic heterocycles. The van der Waals surface area contributed by atoms with Crippen molar-refractivity contribution in [2.75, 3.05) is 32.7 Å². The molecule has 0 radical (unpaired) electrons. The fourth-order valence-corrected chi connectivity index (χ4v) is 2.98. The molecule has 1 heterocycles. The maximum Gasteiger partial charge on any atom is 0.0234 e. The van der Waals surface area contributed by atoms with Gasteiger partial charge in [-0.05, 0) is 18.1 Å². The van der Waals surface area contributed by atoms with Gasteiger partial charge in [0.15, 0.2) is 0 Å². The van der Waals surface area contributed by atoms with Crippen molar-refractivity contribution in [2.45, 2.75) is 13.5 Å². The second kappa shape index (κ2) is 8.09. The summed E-state index contributed by atoms with van der Waals surface area (Å²) >= 11 is 0. The lowest BCUT2D eigenvalue weighted by Crippen LogP contribution is -2.45. The van der Waals surface area contributed by atoms with Gasteiger partial charge < -0.3 is 0 Å². The van der Waals surface area contributed by atoms with Gasteiger partial charge in [-0.3, -0.25) is 9.80 Å². The van der Waals surface area contributed by atoms with Crippen molar-refractivity contribution < 1.29 is 0 Å². The first-order valence-corrected chi connectivity index (χ1v) is 8.51. The van der Waals surface area contributed by atoms with Crippen molar-refractivity contribution in [2.24, 2.45) is 0 Å². The molecule has 0 bridgehead atoms. The largest absolute Gasteiger partial charge is 0.297 e. The fraction of sp³-hybridized carbons (Fsp3) is 0.333. The van der Waals surface area contributed by atoms with Crippen LogP contribution >= 0.6 is 0 Å². The molecule has 2 heteroatoms. The fourth-order valence-electron chi connectivity index (χ4n) is 2.98. The summed E-state index contributed by atoms with van der Waals surface area (Å²) in [6, 6.07) is 19.5. The number of hydrogen-bond donors (Lipinski definition) is 0. The highest BCUT2D eigenvalue weighted by Crippen LogP contribution is 2.10. The van der Waals surface area contributed by atoms with Crippen LogP contribution in [-0.2, 0) is 6.54 Å². The highest BCUT2D eigenvalue weighted by atomic mass is 15.3. The van der Waals surface area contributed by atoms with Crippen molar-refractivity contribution in [3.8, 4) is 0 Å². The summed E-state index contributed by atoms with van der Waals surface area (Å²) in [6.07, 6.45) is 4.50. The molecule has 1 saturated heterocycles. The Morgan fingerprint density at radius 2 is 1.48 bits per heavy atom. The van der Waals surface area contributed by atoms with Crippen molar-refractivity contribution in [1.82, 2.24) is 9.80 Å². The van der Waals surface area contributed by atoms with Gasteiger partial charge >= 0.3 is 0 Å². The highest BCUT2D eigenvalue weighted by molar-refractivity contribution is 5.48. The van der Waals surface area contributed by atoms with E-state index in [-0.39, 0.29) is 0 Å². The van der Waals surface area contributed by atoms with Crippen molar-refractivity contribution in [3.05, 3.63) is 77.4 Å². The Morgan fingerprint density at radius 3 is 2.17 bits per heavy atom. The molecular formula is C21H26N2. The molecule has 1 fully saturated rings. The first-order chi connectivity index (χ1) is 11.3. The Bertz CT molecular complexity index is 608. The van der Waals surface area contributed by atoms with Crippen LogP contribution in [-0.4, -0.2) is 42.5 Å². The van der Waals surface area contributed by atoms with E-state index in [4.69, 9.17) is 0 Å². The van der Waals surface area contributed by atoms with Crippen LogP contribution in [0.15, 0.2) is 60.7 Å². The van der Waals surface area contributed by atoms with E-state index in [1.165, 1.54) is 16.7 Å². The molecule has 0 atom stereocenters. The predicted molar refractivity (Wildman–Crippen MR) is 98.4 cm³/mol. The standard InChI is InChI=1S/C21H26N2/c1-19-9-11-21(12-10-19)18-23-16-14-22(15-17-23)13-5-8-20-6-3-2-4-7-20/h2-12H,13-18H2,1H3. The summed E-state index contributed by atoms with van der Waals surface area (Å²) in [5.41, 5.74) is 4.04.